The van der Waals surface area contributed by atoms with Gasteiger partial charge in [0, 0.05) is 58.5 Å². The number of fused-ring (bicyclic) bond motifs is 1. The maximum Gasteiger partial charge on any atom is 0.191 e. The second-order valence-corrected chi connectivity index (χ2v) is 6.44. The van der Waals surface area contributed by atoms with Crippen LogP contribution in [0.2, 0.25) is 0 Å². The Morgan fingerprint density at radius 2 is 1.96 bits per heavy atom. The van der Waals surface area contributed by atoms with Crippen molar-refractivity contribution < 1.29 is 0 Å². The van der Waals surface area contributed by atoms with E-state index in [-0.39, 0.29) is 0 Å². The van der Waals surface area contributed by atoms with Crippen molar-refractivity contribution in [2.24, 2.45) is 4.99 Å². The van der Waals surface area contributed by atoms with Gasteiger partial charge in [0.15, 0.2) is 5.96 Å². The highest BCUT2D eigenvalue weighted by atomic mass is 15.3. The van der Waals surface area contributed by atoms with Crippen molar-refractivity contribution in [3.63, 3.8) is 0 Å². The molecule has 2 N–H and O–H groups in total. The SMILES string of the molecule is CN=C(NCCCc1nnc2n1CCCCC2)NCCn1cccc1. The van der Waals surface area contributed by atoms with E-state index in [0.717, 1.165) is 57.2 Å². The van der Waals surface area contributed by atoms with Crippen molar-refractivity contribution >= 4 is 5.96 Å². The minimum Gasteiger partial charge on any atom is -0.356 e. The molecule has 0 fully saturated rings. The average molecular weight is 343 g/mol. The molecule has 25 heavy (non-hydrogen) atoms. The summed E-state index contributed by atoms with van der Waals surface area (Å²) >= 11 is 0. The van der Waals surface area contributed by atoms with Crippen molar-refractivity contribution in [1.82, 2.24) is 30.0 Å². The van der Waals surface area contributed by atoms with Gasteiger partial charge in [-0.15, -0.1) is 10.2 Å². The van der Waals surface area contributed by atoms with Gasteiger partial charge in [-0.3, -0.25) is 4.99 Å². The van der Waals surface area contributed by atoms with Crippen molar-refractivity contribution in [2.75, 3.05) is 20.1 Å². The first kappa shape index (κ1) is 17.5. The van der Waals surface area contributed by atoms with Crippen LogP contribution < -0.4 is 10.6 Å². The molecule has 1 aliphatic rings. The smallest absolute Gasteiger partial charge is 0.191 e. The van der Waals surface area contributed by atoms with Crippen LogP contribution in [0.25, 0.3) is 0 Å². The zero-order valence-corrected chi connectivity index (χ0v) is 15.1. The van der Waals surface area contributed by atoms with E-state index in [0.29, 0.717) is 0 Å². The Morgan fingerprint density at radius 1 is 1.12 bits per heavy atom. The highest BCUT2D eigenvalue weighted by Gasteiger charge is 2.14. The average Bonchev–Trinajstić information content (AvgIpc) is 3.22. The summed E-state index contributed by atoms with van der Waals surface area (Å²) in [5.41, 5.74) is 0. The van der Waals surface area contributed by atoms with Crippen LogP contribution in [0.1, 0.15) is 37.3 Å². The Bertz CT molecular complexity index is 657. The number of aliphatic imine (C=N–C) groups is 1. The third-order valence-corrected chi connectivity index (χ3v) is 4.61. The van der Waals surface area contributed by atoms with Gasteiger partial charge in [-0.05, 0) is 31.4 Å². The van der Waals surface area contributed by atoms with Gasteiger partial charge in [0.05, 0.1) is 0 Å². The van der Waals surface area contributed by atoms with Gasteiger partial charge in [0.25, 0.3) is 0 Å². The fourth-order valence-electron chi connectivity index (χ4n) is 3.23. The fraction of sp³-hybridized carbons (Fsp3) is 0.611. The molecular formula is C18H29N7. The van der Waals surface area contributed by atoms with E-state index < -0.39 is 0 Å². The number of aryl methyl sites for hydroxylation is 2. The molecule has 3 rings (SSSR count). The Balaban J connectivity index is 1.36. The zero-order chi connectivity index (χ0) is 17.3. The van der Waals surface area contributed by atoms with E-state index in [9.17, 15) is 0 Å². The Labute approximate surface area is 149 Å². The molecule has 7 nitrogen and oxygen atoms in total. The van der Waals surface area contributed by atoms with Crippen LogP contribution in [-0.2, 0) is 25.9 Å². The number of guanidine groups is 1. The molecule has 2 aromatic heterocycles. The van der Waals surface area contributed by atoms with Gasteiger partial charge in [0.1, 0.15) is 11.6 Å². The van der Waals surface area contributed by atoms with Gasteiger partial charge in [-0.2, -0.15) is 0 Å². The van der Waals surface area contributed by atoms with Crippen molar-refractivity contribution in [1.29, 1.82) is 0 Å². The second-order valence-electron chi connectivity index (χ2n) is 6.44. The molecule has 0 radical (unpaired) electrons. The first-order chi connectivity index (χ1) is 12.4. The lowest BCUT2D eigenvalue weighted by atomic mass is 10.2. The third-order valence-electron chi connectivity index (χ3n) is 4.61. The van der Waals surface area contributed by atoms with E-state index in [1.165, 1.54) is 25.1 Å². The van der Waals surface area contributed by atoms with E-state index in [2.05, 4.69) is 47.4 Å². The summed E-state index contributed by atoms with van der Waals surface area (Å²) in [4.78, 5) is 4.28. The number of nitrogens with zero attached hydrogens (tertiary/aromatic N) is 5. The number of nitrogens with one attached hydrogen (secondary N) is 2. The Hall–Kier alpha value is -2.31. The normalized spacial score (nSPS) is 14.8. The summed E-state index contributed by atoms with van der Waals surface area (Å²) in [5, 5.41) is 15.5. The van der Waals surface area contributed by atoms with E-state index in [4.69, 9.17) is 0 Å². The molecular weight excluding hydrogens is 314 g/mol. The van der Waals surface area contributed by atoms with Crippen LogP contribution >= 0.6 is 0 Å². The van der Waals surface area contributed by atoms with Crippen LogP contribution in [0, 0.1) is 0 Å². The third kappa shape index (κ3) is 5.08. The standard InChI is InChI=1S/C18H29N7/c1-19-18(21-11-15-24-12-5-6-13-24)20-10-7-9-17-23-22-16-8-3-2-4-14-25(16)17/h5-6,12-13H,2-4,7-11,14-15H2,1H3,(H2,19,20,21). The van der Waals surface area contributed by atoms with E-state index in [1.807, 2.05) is 19.2 Å². The van der Waals surface area contributed by atoms with Gasteiger partial charge in [-0.25, -0.2) is 0 Å². The molecule has 7 heteroatoms. The summed E-state index contributed by atoms with van der Waals surface area (Å²) < 4.78 is 4.48. The molecule has 0 aromatic carbocycles. The van der Waals surface area contributed by atoms with E-state index in [1.54, 1.807) is 0 Å². The van der Waals surface area contributed by atoms with Crippen molar-refractivity contribution in [3.8, 4) is 0 Å². The van der Waals surface area contributed by atoms with Gasteiger partial charge in [-0.1, -0.05) is 6.42 Å². The summed E-state index contributed by atoms with van der Waals surface area (Å²) in [7, 11) is 1.81. The summed E-state index contributed by atoms with van der Waals surface area (Å²) in [6, 6.07) is 4.08. The molecule has 0 unspecified atom stereocenters. The minimum atomic E-state index is 0.853. The molecule has 0 atom stereocenters. The first-order valence-corrected chi connectivity index (χ1v) is 9.33. The quantitative estimate of drug-likeness (QED) is 0.455. The first-order valence-electron chi connectivity index (χ1n) is 9.33. The molecule has 0 spiro atoms. The molecule has 136 valence electrons. The topological polar surface area (TPSA) is 72.1 Å². The monoisotopic (exact) mass is 343 g/mol. The second kappa shape index (κ2) is 9.25. The minimum absolute atomic E-state index is 0.853. The predicted molar refractivity (Wildman–Crippen MR) is 99.7 cm³/mol. The van der Waals surface area contributed by atoms with Gasteiger partial charge >= 0.3 is 0 Å². The maximum absolute atomic E-state index is 4.39. The molecule has 0 saturated carbocycles. The largest absolute Gasteiger partial charge is 0.356 e. The molecule has 0 aliphatic carbocycles. The molecule has 3 heterocycles. The van der Waals surface area contributed by atoms with E-state index >= 15 is 0 Å². The molecule has 2 aromatic rings. The zero-order valence-electron chi connectivity index (χ0n) is 15.1. The summed E-state index contributed by atoms with van der Waals surface area (Å²) in [6.45, 7) is 3.74. The number of rotatable bonds is 7. The van der Waals surface area contributed by atoms with Crippen molar-refractivity contribution in [2.45, 2.75) is 51.6 Å². The number of hydrogen-bond acceptors (Lipinski definition) is 3. The summed E-state index contributed by atoms with van der Waals surface area (Å²) in [6.07, 6.45) is 11.0. The molecule has 1 aliphatic heterocycles. The fourth-order valence-corrected chi connectivity index (χ4v) is 3.23. The lowest BCUT2D eigenvalue weighted by Crippen LogP contribution is -2.39. The van der Waals surface area contributed by atoms with Gasteiger partial charge in [0.2, 0.25) is 0 Å². The maximum atomic E-state index is 4.39. The van der Waals surface area contributed by atoms with Crippen LogP contribution in [0.5, 0.6) is 0 Å². The molecule has 0 amide bonds. The molecule has 0 saturated heterocycles. The Morgan fingerprint density at radius 3 is 2.80 bits per heavy atom. The highest BCUT2D eigenvalue weighted by molar-refractivity contribution is 5.79. The van der Waals surface area contributed by atoms with Crippen LogP contribution in [0.3, 0.4) is 0 Å². The molecule has 0 bridgehead atoms. The van der Waals surface area contributed by atoms with Crippen LogP contribution in [0.4, 0.5) is 0 Å². The van der Waals surface area contributed by atoms with Crippen LogP contribution in [-0.4, -0.2) is 45.4 Å². The lowest BCUT2D eigenvalue weighted by molar-refractivity contribution is 0.593. The van der Waals surface area contributed by atoms with Crippen LogP contribution in [0.15, 0.2) is 29.5 Å². The van der Waals surface area contributed by atoms with Crippen molar-refractivity contribution in [3.05, 3.63) is 36.2 Å². The highest BCUT2D eigenvalue weighted by Crippen LogP contribution is 2.15. The number of hydrogen-bond donors (Lipinski definition) is 2. The number of aromatic nitrogens is 4. The Kier molecular flexibility index (Phi) is 6.48. The summed E-state index contributed by atoms with van der Waals surface area (Å²) in [5.74, 6) is 3.16. The predicted octanol–water partition coefficient (Wildman–Crippen LogP) is 1.60. The van der Waals surface area contributed by atoms with Gasteiger partial charge < -0.3 is 19.8 Å². The lowest BCUT2D eigenvalue weighted by Gasteiger charge is -2.12.